The van der Waals surface area contributed by atoms with E-state index in [9.17, 15) is 8.42 Å². The summed E-state index contributed by atoms with van der Waals surface area (Å²) in [5.41, 5.74) is 1.11. The molecule has 0 radical (unpaired) electrons. The van der Waals surface area contributed by atoms with Crippen LogP contribution in [0, 0.1) is 0 Å². The highest BCUT2D eigenvalue weighted by Crippen LogP contribution is 2.05. The van der Waals surface area contributed by atoms with E-state index in [2.05, 4.69) is 25.5 Å². The topological polar surface area (TPSA) is 86.7 Å². The molecule has 0 amide bonds. The molecule has 0 unspecified atom stereocenters. The van der Waals surface area contributed by atoms with Crippen LogP contribution in [0.5, 0.6) is 0 Å². The molecule has 7 nitrogen and oxygen atoms in total. The number of nitrogens with zero attached hydrogens (tertiary/aromatic N) is 3. The van der Waals surface area contributed by atoms with Gasteiger partial charge in [-0.2, -0.15) is 0 Å². The summed E-state index contributed by atoms with van der Waals surface area (Å²) in [6.07, 6.45) is 2.61. The Kier molecular flexibility index (Phi) is 7.92. The van der Waals surface area contributed by atoms with E-state index in [1.54, 1.807) is 12.3 Å². The van der Waals surface area contributed by atoms with Crippen LogP contribution in [0.1, 0.15) is 12.5 Å². The van der Waals surface area contributed by atoms with Crippen molar-refractivity contribution in [1.82, 2.24) is 20.5 Å². The van der Waals surface area contributed by atoms with E-state index in [1.165, 1.54) is 0 Å². The summed E-state index contributed by atoms with van der Waals surface area (Å²) < 4.78 is 22.9. The van der Waals surface area contributed by atoms with Crippen LogP contribution in [-0.2, 0) is 16.3 Å². The average molecular weight is 388 g/mol. The predicted octanol–water partition coefficient (Wildman–Crippen LogP) is 0.563. The summed E-state index contributed by atoms with van der Waals surface area (Å²) in [6.45, 7) is 6.17. The maximum absolute atomic E-state index is 11.4. The highest BCUT2D eigenvalue weighted by atomic mass is 35.5. The van der Waals surface area contributed by atoms with Crippen molar-refractivity contribution in [2.75, 3.05) is 50.8 Å². The molecule has 25 heavy (non-hydrogen) atoms. The Hall–Kier alpha value is -1.38. The van der Waals surface area contributed by atoms with Crippen molar-refractivity contribution in [3.8, 4) is 0 Å². The number of nitrogens with one attached hydrogen (secondary N) is 2. The van der Waals surface area contributed by atoms with Crippen molar-refractivity contribution in [3.63, 3.8) is 0 Å². The Morgan fingerprint density at radius 3 is 2.72 bits per heavy atom. The summed E-state index contributed by atoms with van der Waals surface area (Å²) in [5, 5.41) is 7.01. The first kappa shape index (κ1) is 19.9. The minimum atomic E-state index is -2.82. The Balaban J connectivity index is 1.73. The third-order valence-electron chi connectivity index (χ3n) is 3.96. The Morgan fingerprint density at radius 1 is 1.32 bits per heavy atom. The number of hydrogen-bond donors (Lipinski definition) is 2. The summed E-state index contributed by atoms with van der Waals surface area (Å²) in [4.78, 5) is 10.8. The van der Waals surface area contributed by atoms with E-state index < -0.39 is 9.84 Å². The largest absolute Gasteiger partial charge is 0.357 e. The number of halogens is 1. The van der Waals surface area contributed by atoms with Gasteiger partial charge in [0.15, 0.2) is 15.8 Å². The zero-order valence-electron chi connectivity index (χ0n) is 14.5. The van der Waals surface area contributed by atoms with E-state index in [4.69, 9.17) is 11.6 Å². The smallest absolute Gasteiger partial charge is 0.191 e. The molecule has 9 heteroatoms. The molecule has 0 bridgehead atoms. The summed E-state index contributed by atoms with van der Waals surface area (Å²) in [7, 11) is -2.82. The fourth-order valence-electron chi connectivity index (χ4n) is 2.50. The highest BCUT2D eigenvalue weighted by molar-refractivity contribution is 7.91. The summed E-state index contributed by atoms with van der Waals surface area (Å²) in [6, 6.07) is 3.75. The summed E-state index contributed by atoms with van der Waals surface area (Å²) >= 11 is 5.78. The monoisotopic (exact) mass is 387 g/mol. The van der Waals surface area contributed by atoms with Gasteiger partial charge in [-0.05, 0) is 25.0 Å². The lowest BCUT2D eigenvalue weighted by Crippen LogP contribution is -2.42. The number of rotatable bonds is 7. The molecular weight excluding hydrogens is 362 g/mol. The fraction of sp³-hybridized carbons (Fsp3) is 0.625. The van der Waals surface area contributed by atoms with Crippen molar-refractivity contribution in [3.05, 3.63) is 29.0 Å². The lowest BCUT2D eigenvalue weighted by molar-refractivity contribution is 0.304. The lowest BCUT2D eigenvalue weighted by atomic mass is 10.2. The molecule has 0 atom stereocenters. The molecule has 0 saturated carbocycles. The van der Waals surface area contributed by atoms with Crippen LogP contribution >= 0.6 is 11.6 Å². The number of aliphatic imine (C=N–C) groups is 1. The van der Waals surface area contributed by atoms with Crippen molar-refractivity contribution in [2.45, 2.75) is 13.3 Å². The molecule has 2 rings (SSSR count). The van der Waals surface area contributed by atoms with Gasteiger partial charge in [-0.15, -0.1) is 0 Å². The van der Waals surface area contributed by atoms with Gasteiger partial charge in [0, 0.05) is 38.9 Å². The fourth-order valence-corrected chi connectivity index (χ4v) is 3.89. The van der Waals surface area contributed by atoms with Gasteiger partial charge in [-0.25, -0.2) is 13.4 Å². The van der Waals surface area contributed by atoms with E-state index in [-0.39, 0.29) is 11.5 Å². The molecule has 1 aromatic heterocycles. The van der Waals surface area contributed by atoms with Gasteiger partial charge < -0.3 is 10.6 Å². The Morgan fingerprint density at radius 2 is 2.08 bits per heavy atom. The Bertz CT molecular complexity index is 650. The van der Waals surface area contributed by atoms with Crippen LogP contribution in [0.15, 0.2) is 23.3 Å². The molecule has 1 fully saturated rings. The molecule has 140 valence electrons. The first-order chi connectivity index (χ1) is 12.0. The van der Waals surface area contributed by atoms with Gasteiger partial charge in [0.25, 0.3) is 0 Å². The van der Waals surface area contributed by atoms with E-state index in [0.717, 1.165) is 37.6 Å². The summed E-state index contributed by atoms with van der Waals surface area (Å²) in [5.74, 6) is 1.28. The maximum Gasteiger partial charge on any atom is 0.191 e. The number of sulfone groups is 1. The van der Waals surface area contributed by atoms with Gasteiger partial charge in [-0.3, -0.25) is 9.89 Å². The Labute approximate surface area is 154 Å². The third-order valence-corrected chi connectivity index (χ3v) is 5.79. The number of hydrogen-bond acceptors (Lipinski definition) is 5. The molecule has 0 aliphatic carbocycles. The second-order valence-electron chi connectivity index (χ2n) is 5.92. The lowest BCUT2D eigenvalue weighted by Gasteiger charge is -2.25. The zero-order valence-corrected chi connectivity index (χ0v) is 16.1. The molecular formula is C16H26ClN5O2S. The normalized spacial score (nSPS) is 18.1. The van der Waals surface area contributed by atoms with Crippen LogP contribution in [0.2, 0.25) is 5.15 Å². The molecule has 1 aliphatic rings. The van der Waals surface area contributed by atoms with Gasteiger partial charge in [0.05, 0.1) is 18.1 Å². The van der Waals surface area contributed by atoms with E-state index >= 15 is 0 Å². The van der Waals surface area contributed by atoms with Crippen LogP contribution in [0.3, 0.4) is 0 Å². The average Bonchev–Trinajstić information content (AvgIpc) is 2.58. The zero-order chi connectivity index (χ0) is 18.1. The first-order valence-corrected chi connectivity index (χ1v) is 10.7. The number of pyridine rings is 1. The second-order valence-corrected chi connectivity index (χ2v) is 8.61. The minimum Gasteiger partial charge on any atom is -0.357 e. The van der Waals surface area contributed by atoms with Gasteiger partial charge in [0.2, 0.25) is 0 Å². The molecule has 1 aliphatic heterocycles. The first-order valence-electron chi connectivity index (χ1n) is 8.54. The molecule has 2 heterocycles. The van der Waals surface area contributed by atoms with Crippen molar-refractivity contribution < 1.29 is 8.42 Å². The van der Waals surface area contributed by atoms with E-state index in [0.29, 0.717) is 24.8 Å². The van der Waals surface area contributed by atoms with Crippen molar-refractivity contribution >= 4 is 27.4 Å². The number of guanidine groups is 1. The van der Waals surface area contributed by atoms with Crippen LogP contribution in [0.4, 0.5) is 0 Å². The van der Waals surface area contributed by atoms with Crippen molar-refractivity contribution in [2.24, 2.45) is 4.99 Å². The van der Waals surface area contributed by atoms with Crippen LogP contribution < -0.4 is 10.6 Å². The van der Waals surface area contributed by atoms with Gasteiger partial charge in [0.1, 0.15) is 5.15 Å². The second kappa shape index (κ2) is 9.94. The van der Waals surface area contributed by atoms with Crippen LogP contribution in [0.25, 0.3) is 0 Å². The van der Waals surface area contributed by atoms with Gasteiger partial charge in [-0.1, -0.05) is 17.7 Å². The van der Waals surface area contributed by atoms with Gasteiger partial charge >= 0.3 is 0 Å². The number of aromatic nitrogens is 1. The highest BCUT2D eigenvalue weighted by Gasteiger charge is 2.20. The molecule has 1 saturated heterocycles. The SMILES string of the molecule is CCNC(=NCCN1CCS(=O)(=O)CC1)NCCc1ccc(Cl)nc1. The quantitative estimate of drug-likeness (QED) is 0.404. The molecule has 0 spiro atoms. The van der Waals surface area contributed by atoms with Crippen LogP contribution in [-0.4, -0.2) is 75.0 Å². The minimum absolute atomic E-state index is 0.254. The third kappa shape index (κ3) is 7.58. The standard InChI is InChI=1S/C16H26ClN5O2S/c1-2-18-16(19-6-5-14-3-4-15(17)21-13-14)20-7-8-22-9-11-25(23,24)12-10-22/h3-4,13H,2,5-12H2,1H3,(H2,18,19,20). The predicted molar refractivity (Wildman–Crippen MR) is 102 cm³/mol. The molecule has 2 N–H and O–H groups in total. The molecule has 0 aromatic carbocycles. The van der Waals surface area contributed by atoms with E-state index in [1.807, 2.05) is 13.0 Å². The maximum atomic E-state index is 11.4. The van der Waals surface area contributed by atoms with Crippen molar-refractivity contribution in [1.29, 1.82) is 0 Å². The molecule has 1 aromatic rings.